The van der Waals surface area contributed by atoms with Gasteiger partial charge in [0, 0.05) is 23.4 Å². The molecule has 3 fully saturated rings. The van der Waals surface area contributed by atoms with E-state index in [1.165, 1.54) is 4.90 Å². The van der Waals surface area contributed by atoms with Crippen LogP contribution in [0.15, 0.2) is 54.6 Å². The van der Waals surface area contributed by atoms with Crippen LogP contribution in [-0.4, -0.2) is 53.8 Å². The number of Topliss-reactive ketones (excluding diaryl/α,β-unsaturated/α-hetero) is 1. The van der Waals surface area contributed by atoms with Gasteiger partial charge in [-0.1, -0.05) is 48.0 Å². The Kier molecular flexibility index (Phi) is 4.96. The smallest absolute Gasteiger partial charge is 0.235 e. The molecule has 4 heterocycles. The number of fused-ring (bicyclic) bond motifs is 5. The number of allylic oxidation sites excluding steroid dienone is 1. The lowest BCUT2D eigenvalue weighted by Gasteiger charge is -2.38. The van der Waals surface area contributed by atoms with Crippen LogP contribution < -0.4 is 4.90 Å². The first-order chi connectivity index (χ1) is 16.5. The lowest BCUT2D eigenvalue weighted by Crippen LogP contribution is -2.49. The van der Waals surface area contributed by atoms with Gasteiger partial charge in [0.15, 0.2) is 5.78 Å². The Morgan fingerprint density at radius 2 is 1.79 bits per heavy atom. The number of aryl methyl sites for hydroxylation is 1. The van der Waals surface area contributed by atoms with Gasteiger partial charge in [-0.3, -0.25) is 19.3 Å². The lowest BCUT2D eigenvalue weighted by molar-refractivity contribution is -0.142. The van der Waals surface area contributed by atoms with Crippen molar-refractivity contribution in [2.45, 2.75) is 44.9 Å². The van der Waals surface area contributed by atoms with E-state index in [1.807, 2.05) is 49.1 Å². The number of benzene rings is 2. The van der Waals surface area contributed by atoms with Crippen LogP contribution in [0.3, 0.4) is 0 Å². The van der Waals surface area contributed by atoms with Crippen LogP contribution in [0.25, 0.3) is 5.57 Å². The number of rotatable bonds is 4. The second-order valence-corrected chi connectivity index (χ2v) is 9.92. The topological polar surface area (TPSA) is 66.9 Å². The van der Waals surface area contributed by atoms with Crippen LogP contribution in [0, 0.1) is 18.8 Å². The van der Waals surface area contributed by atoms with Gasteiger partial charge in [-0.15, -0.1) is 0 Å². The summed E-state index contributed by atoms with van der Waals surface area (Å²) in [5.41, 5.74) is 4.74. The van der Waals surface area contributed by atoms with Crippen LogP contribution in [0.2, 0.25) is 0 Å². The van der Waals surface area contributed by atoms with E-state index < -0.39 is 17.9 Å². The SMILES string of the molecule is CC1=C[C@H]2[C@H]3C(=O)N(C[C@@H]4CCCO4)C(=O)[C@@H]3[C@H](C(=O)c3ccccc3)N2c2ccc(C)cc21. The van der Waals surface area contributed by atoms with E-state index in [2.05, 4.69) is 12.1 Å². The Morgan fingerprint density at radius 1 is 1.03 bits per heavy atom. The summed E-state index contributed by atoms with van der Waals surface area (Å²) < 4.78 is 5.72. The molecule has 3 saturated heterocycles. The number of carbonyl (C=O) groups is 3. The molecule has 2 amide bonds. The van der Waals surface area contributed by atoms with Gasteiger partial charge in [0.05, 0.1) is 30.5 Å². The molecule has 6 rings (SSSR count). The zero-order valence-electron chi connectivity index (χ0n) is 19.4. The number of ether oxygens (including phenoxy) is 1. The third kappa shape index (κ3) is 3.08. The molecule has 6 nitrogen and oxygen atoms in total. The maximum atomic E-state index is 13.9. The number of amides is 2. The van der Waals surface area contributed by atoms with E-state index in [1.54, 1.807) is 12.1 Å². The molecule has 0 bridgehead atoms. The lowest BCUT2D eigenvalue weighted by atomic mass is 9.85. The Labute approximate surface area is 199 Å². The molecule has 0 radical (unpaired) electrons. The minimum absolute atomic E-state index is 0.113. The number of anilines is 1. The van der Waals surface area contributed by atoms with Crippen LogP contribution in [0.5, 0.6) is 0 Å². The summed E-state index contributed by atoms with van der Waals surface area (Å²) in [6, 6.07) is 14.2. The number of hydrogen-bond donors (Lipinski definition) is 0. The van der Waals surface area contributed by atoms with Crippen molar-refractivity contribution in [2.24, 2.45) is 11.8 Å². The largest absolute Gasteiger partial charge is 0.376 e. The summed E-state index contributed by atoms with van der Waals surface area (Å²) in [6.07, 6.45) is 3.76. The molecular weight excluding hydrogens is 428 g/mol. The zero-order chi connectivity index (χ0) is 23.6. The Hall–Kier alpha value is -3.25. The molecule has 2 aromatic carbocycles. The molecule has 0 unspecified atom stereocenters. The molecule has 0 aromatic heterocycles. The summed E-state index contributed by atoms with van der Waals surface area (Å²) in [6.45, 7) is 5.03. The van der Waals surface area contributed by atoms with Crippen molar-refractivity contribution in [3.05, 3.63) is 71.3 Å². The molecule has 0 N–H and O–H groups in total. The Bertz CT molecular complexity index is 1210. The predicted octanol–water partition coefficient (Wildman–Crippen LogP) is 3.63. The van der Waals surface area contributed by atoms with Gasteiger partial charge in [0.25, 0.3) is 0 Å². The monoisotopic (exact) mass is 456 g/mol. The third-order valence-electron chi connectivity index (χ3n) is 7.83. The zero-order valence-corrected chi connectivity index (χ0v) is 19.4. The van der Waals surface area contributed by atoms with Gasteiger partial charge in [-0.05, 0) is 44.4 Å². The van der Waals surface area contributed by atoms with E-state index in [0.29, 0.717) is 12.2 Å². The van der Waals surface area contributed by atoms with Gasteiger partial charge in [-0.25, -0.2) is 0 Å². The molecule has 174 valence electrons. The molecule has 2 aromatic rings. The molecule has 5 atom stereocenters. The fraction of sp³-hybridized carbons (Fsp3) is 0.393. The van der Waals surface area contributed by atoms with E-state index in [0.717, 1.165) is 35.2 Å². The number of hydrogen-bond acceptors (Lipinski definition) is 5. The molecule has 4 aliphatic rings. The number of likely N-dealkylation sites (tertiary alicyclic amines) is 1. The number of carbonyl (C=O) groups excluding carboxylic acids is 3. The number of nitrogens with zero attached hydrogens (tertiary/aromatic N) is 2. The summed E-state index contributed by atoms with van der Waals surface area (Å²) in [7, 11) is 0. The highest BCUT2D eigenvalue weighted by Gasteiger charge is 2.64. The van der Waals surface area contributed by atoms with Crippen molar-refractivity contribution in [1.29, 1.82) is 0 Å². The van der Waals surface area contributed by atoms with Crippen molar-refractivity contribution < 1.29 is 19.1 Å². The van der Waals surface area contributed by atoms with Crippen LogP contribution in [0.4, 0.5) is 5.69 Å². The second kappa shape index (κ2) is 7.91. The molecule has 6 heteroatoms. The molecule has 0 saturated carbocycles. The molecular formula is C28H28N2O4. The van der Waals surface area contributed by atoms with Gasteiger partial charge in [0.1, 0.15) is 6.04 Å². The van der Waals surface area contributed by atoms with Gasteiger partial charge in [0.2, 0.25) is 11.8 Å². The van der Waals surface area contributed by atoms with Crippen molar-refractivity contribution >= 4 is 28.9 Å². The molecule has 0 aliphatic carbocycles. The first kappa shape index (κ1) is 21.3. The van der Waals surface area contributed by atoms with Gasteiger partial charge >= 0.3 is 0 Å². The van der Waals surface area contributed by atoms with Crippen LogP contribution in [-0.2, 0) is 14.3 Å². The van der Waals surface area contributed by atoms with Crippen molar-refractivity contribution in [3.8, 4) is 0 Å². The standard InChI is InChI=1S/C28H28N2O4/c1-16-10-11-21-20(13-16)17(2)14-22-23-24(25(30(21)22)26(31)18-7-4-3-5-8-18)28(33)29(27(23)32)15-19-9-6-12-34-19/h3-5,7-8,10-11,13-14,19,22-25H,6,9,12,15H2,1-2H3/t19-,22-,23+,24-,25+/m0/s1. The maximum Gasteiger partial charge on any atom is 0.235 e. The highest BCUT2D eigenvalue weighted by molar-refractivity contribution is 6.14. The fourth-order valence-corrected chi connectivity index (χ4v) is 6.26. The van der Waals surface area contributed by atoms with E-state index in [-0.39, 0.29) is 36.3 Å². The molecule has 0 spiro atoms. The van der Waals surface area contributed by atoms with E-state index >= 15 is 0 Å². The van der Waals surface area contributed by atoms with Crippen molar-refractivity contribution in [2.75, 3.05) is 18.1 Å². The Balaban J connectivity index is 1.46. The molecule has 4 aliphatic heterocycles. The maximum absolute atomic E-state index is 13.9. The number of imide groups is 1. The summed E-state index contributed by atoms with van der Waals surface area (Å²) in [5.74, 6) is -1.81. The van der Waals surface area contributed by atoms with Gasteiger partial charge < -0.3 is 9.64 Å². The summed E-state index contributed by atoms with van der Waals surface area (Å²) in [4.78, 5) is 44.8. The first-order valence-corrected chi connectivity index (χ1v) is 12.1. The summed E-state index contributed by atoms with van der Waals surface area (Å²) in [5, 5.41) is 0. The van der Waals surface area contributed by atoms with Gasteiger partial charge in [-0.2, -0.15) is 0 Å². The fourth-order valence-electron chi connectivity index (χ4n) is 6.26. The highest BCUT2D eigenvalue weighted by Crippen LogP contribution is 2.50. The average molecular weight is 457 g/mol. The van der Waals surface area contributed by atoms with Crippen molar-refractivity contribution in [3.63, 3.8) is 0 Å². The molecule has 34 heavy (non-hydrogen) atoms. The normalized spacial score (nSPS) is 29.7. The summed E-state index contributed by atoms with van der Waals surface area (Å²) >= 11 is 0. The van der Waals surface area contributed by atoms with Crippen LogP contribution in [0.1, 0.15) is 41.3 Å². The van der Waals surface area contributed by atoms with Crippen LogP contribution >= 0.6 is 0 Å². The van der Waals surface area contributed by atoms with E-state index in [9.17, 15) is 14.4 Å². The van der Waals surface area contributed by atoms with Crippen molar-refractivity contribution in [1.82, 2.24) is 4.90 Å². The minimum Gasteiger partial charge on any atom is -0.376 e. The second-order valence-electron chi connectivity index (χ2n) is 9.92. The minimum atomic E-state index is -0.728. The number of ketones is 1. The van der Waals surface area contributed by atoms with E-state index in [4.69, 9.17) is 4.74 Å². The quantitative estimate of drug-likeness (QED) is 0.519. The predicted molar refractivity (Wildman–Crippen MR) is 128 cm³/mol. The average Bonchev–Trinajstić information content (AvgIpc) is 3.53. The Morgan fingerprint density at radius 3 is 2.53 bits per heavy atom. The first-order valence-electron chi connectivity index (χ1n) is 12.1. The third-order valence-corrected chi connectivity index (χ3v) is 7.83. The highest BCUT2D eigenvalue weighted by atomic mass is 16.5.